The third-order valence-electron chi connectivity index (χ3n) is 8.23. The largest absolute Gasteiger partial charge is 0.455 e. The molecule has 9 aromatic rings. The van der Waals surface area contributed by atoms with E-state index in [1.54, 1.807) is 0 Å². The highest BCUT2D eigenvalue weighted by molar-refractivity contribution is 14.1. The molecule has 0 fully saturated rings. The van der Waals surface area contributed by atoms with Crippen molar-refractivity contribution in [2.75, 3.05) is 0 Å². The van der Waals surface area contributed by atoms with Crippen molar-refractivity contribution < 1.29 is 4.42 Å². The minimum Gasteiger partial charge on any atom is -0.455 e. The molecule has 0 radical (unpaired) electrons. The van der Waals surface area contributed by atoms with Crippen molar-refractivity contribution in [3.8, 4) is 22.3 Å². The highest BCUT2D eigenvalue weighted by Crippen LogP contribution is 2.41. The summed E-state index contributed by atoms with van der Waals surface area (Å²) >= 11 is 2.41. The number of aromatic amines is 2. The van der Waals surface area contributed by atoms with E-state index in [1.807, 2.05) is 0 Å². The van der Waals surface area contributed by atoms with E-state index in [2.05, 4.69) is 148 Å². The molecule has 0 aliphatic carbocycles. The van der Waals surface area contributed by atoms with E-state index in [0.29, 0.717) is 0 Å². The molecule has 0 atom stereocenters. The summed E-state index contributed by atoms with van der Waals surface area (Å²) in [7, 11) is 0. The van der Waals surface area contributed by atoms with E-state index < -0.39 is 0 Å². The zero-order chi connectivity index (χ0) is 26.4. The highest BCUT2D eigenvalue weighted by Gasteiger charge is 2.17. The number of hydrogen-bond acceptors (Lipinski definition) is 1. The van der Waals surface area contributed by atoms with Gasteiger partial charge in [0.25, 0.3) is 0 Å². The molecule has 0 bridgehead atoms. The van der Waals surface area contributed by atoms with Gasteiger partial charge in [0.2, 0.25) is 0 Å². The number of furan rings is 1. The van der Waals surface area contributed by atoms with Crippen molar-refractivity contribution in [3.05, 3.63) is 119 Å². The van der Waals surface area contributed by atoms with Crippen LogP contribution in [0.15, 0.2) is 120 Å². The fraction of sp³-hybridized carbons (Fsp3) is 0. The molecule has 0 spiro atoms. The second kappa shape index (κ2) is 8.23. The number of nitrogens with one attached hydrogen (secondary N) is 2. The Hall–Kier alpha value is -4.55. The molecule has 0 aliphatic rings. The van der Waals surface area contributed by atoms with Crippen LogP contribution >= 0.6 is 22.6 Å². The van der Waals surface area contributed by atoms with Crippen LogP contribution in [-0.2, 0) is 0 Å². The van der Waals surface area contributed by atoms with Crippen molar-refractivity contribution in [2.24, 2.45) is 0 Å². The van der Waals surface area contributed by atoms with Gasteiger partial charge in [0, 0.05) is 54.5 Å². The first-order chi connectivity index (χ1) is 19.7. The number of halogens is 1. The molecule has 40 heavy (non-hydrogen) atoms. The van der Waals surface area contributed by atoms with Crippen LogP contribution in [-0.4, -0.2) is 9.97 Å². The minimum absolute atomic E-state index is 0.904. The summed E-state index contributed by atoms with van der Waals surface area (Å²) in [6.07, 6.45) is 0. The number of rotatable bonds is 2. The van der Waals surface area contributed by atoms with Gasteiger partial charge in [0.15, 0.2) is 0 Å². The van der Waals surface area contributed by atoms with Crippen molar-refractivity contribution in [1.82, 2.24) is 9.97 Å². The van der Waals surface area contributed by atoms with Gasteiger partial charge in [-0.1, -0.05) is 78.9 Å². The highest BCUT2D eigenvalue weighted by atomic mass is 127. The van der Waals surface area contributed by atoms with Gasteiger partial charge < -0.3 is 14.4 Å². The Labute approximate surface area is 242 Å². The third-order valence-corrected chi connectivity index (χ3v) is 9.03. The first-order valence-electron chi connectivity index (χ1n) is 13.4. The summed E-state index contributed by atoms with van der Waals surface area (Å²) in [5, 5.41) is 7.25. The molecule has 3 nitrogen and oxygen atoms in total. The van der Waals surface area contributed by atoms with Gasteiger partial charge in [-0.25, -0.2) is 0 Å². The molecular weight excluding hydrogens is 603 g/mol. The Bertz CT molecular complexity index is 2460. The van der Waals surface area contributed by atoms with E-state index in [4.69, 9.17) is 4.42 Å². The molecule has 0 unspecified atom stereocenters. The Morgan fingerprint density at radius 2 is 1.05 bits per heavy atom. The SMILES string of the molecule is Ic1cc(-c2cccc3c2[nH]c2ccccc23)cc2c1oc1ccc(-c3cccc4c3[nH]c3ccccc34)cc12. The van der Waals surface area contributed by atoms with E-state index in [0.717, 1.165) is 47.6 Å². The first kappa shape index (κ1) is 22.3. The van der Waals surface area contributed by atoms with Crippen LogP contribution in [0.5, 0.6) is 0 Å². The standard InChI is InChI=1S/C36H21IN2O/c37-30-19-21(23-10-6-12-27-25-8-2-4-14-32(25)39-35(23)27)18-29-28-17-20(15-16-33(28)40-36(29)30)22-9-5-11-26-24-7-1-3-13-31(24)38-34(22)26/h1-19,38-39H. The van der Waals surface area contributed by atoms with Crippen LogP contribution in [0.2, 0.25) is 0 Å². The maximum Gasteiger partial charge on any atom is 0.148 e. The predicted molar refractivity (Wildman–Crippen MR) is 176 cm³/mol. The number of benzene rings is 6. The first-order valence-corrected chi connectivity index (χ1v) is 14.5. The third kappa shape index (κ3) is 3.11. The average Bonchev–Trinajstić information content (AvgIpc) is 3.68. The fourth-order valence-electron chi connectivity index (χ4n) is 6.39. The van der Waals surface area contributed by atoms with Gasteiger partial charge in [0.1, 0.15) is 11.2 Å². The fourth-order valence-corrected chi connectivity index (χ4v) is 7.12. The van der Waals surface area contributed by atoms with E-state index in [9.17, 15) is 0 Å². The van der Waals surface area contributed by atoms with Crippen molar-refractivity contribution in [2.45, 2.75) is 0 Å². The average molecular weight is 624 g/mol. The number of para-hydroxylation sites is 4. The van der Waals surface area contributed by atoms with E-state index >= 15 is 0 Å². The maximum absolute atomic E-state index is 6.41. The lowest BCUT2D eigenvalue weighted by Gasteiger charge is -2.06. The Kier molecular flexibility index (Phi) is 4.58. The second-order valence-electron chi connectivity index (χ2n) is 10.4. The molecule has 0 amide bonds. The Balaban J connectivity index is 1.28. The number of fused-ring (bicyclic) bond motifs is 9. The summed E-state index contributed by atoms with van der Waals surface area (Å²) in [4.78, 5) is 7.34. The van der Waals surface area contributed by atoms with Gasteiger partial charge >= 0.3 is 0 Å². The molecule has 9 rings (SSSR count). The van der Waals surface area contributed by atoms with Crippen molar-refractivity contribution >= 4 is 88.1 Å². The molecular formula is C36H21IN2O. The number of H-pyrrole nitrogens is 2. The van der Waals surface area contributed by atoms with Crippen LogP contribution in [0.1, 0.15) is 0 Å². The second-order valence-corrected chi connectivity index (χ2v) is 11.6. The molecule has 3 aromatic heterocycles. The molecule has 188 valence electrons. The molecule has 0 saturated heterocycles. The van der Waals surface area contributed by atoms with Gasteiger partial charge in [-0.2, -0.15) is 0 Å². The molecule has 2 N–H and O–H groups in total. The van der Waals surface area contributed by atoms with Crippen molar-refractivity contribution in [1.29, 1.82) is 0 Å². The summed E-state index contributed by atoms with van der Waals surface area (Å²) in [5.41, 5.74) is 11.2. The lowest BCUT2D eigenvalue weighted by atomic mass is 9.98. The number of aromatic nitrogens is 2. The normalized spacial score (nSPS) is 12.1. The molecule has 6 aromatic carbocycles. The van der Waals surface area contributed by atoms with Crippen LogP contribution < -0.4 is 0 Å². The summed E-state index contributed by atoms with van der Waals surface area (Å²) in [6, 6.07) is 41.2. The minimum atomic E-state index is 0.904. The van der Waals surface area contributed by atoms with E-state index in [-0.39, 0.29) is 0 Å². The quantitative estimate of drug-likeness (QED) is 0.185. The summed E-state index contributed by atoms with van der Waals surface area (Å²) in [5.74, 6) is 0. The zero-order valence-electron chi connectivity index (χ0n) is 21.3. The van der Waals surface area contributed by atoms with Crippen LogP contribution in [0.3, 0.4) is 0 Å². The van der Waals surface area contributed by atoms with Gasteiger partial charge in [0.05, 0.1) is 14.6 Å². The van der Waals surface area contributed by atoms with Crippen LogP contribution in [0.25, 0.3) is 87.8 Å². The molecule has 4 heteroatoms. The van der Waals surface area contributed by atoms with Crippen LogP contribution in [0.4, 0.5) is 0 Å². The van der Waals surface area contributed by atoms with Gasteiger partial charge in [-0.05, 0) is 70.1 Å². The molecule has 3 heterocycles. The Morgan fingerprint density at radius 3 is 1.73 bits per heavy atom. The zero-order valence-corrected chi connectivity index (χ0v) is 23.4. The predicted octanol–water partition coefficient (Wildman–Crippen LogP) is 10.8. The lowest BCUT2D eigenvalue weighted by Crippen LogP contribution is -1.84. The maximum atomic E-state index is 6.41. The summed E-state index contributed by atoms with van der Waals surface area (Å²) < 4.78 is 7.52. The lowest BCUT2D eigenvalue weighted by molar-refractivity contribution is 0.666. The topological polar surface area (TPSA) is 44.7 Å². The van der Waals surface area contributed by atoms with E-state index in [1.165, 1.54) is 43.8 Å². The smallest absolute Gasteiger partial charge is 0.148 e. The van der Waals surface area contributed by atoms with Crippen molar-refractivity contribution in [3.63, 3.8) is 0 Å². The molecule has 0 aliphatic heterocycles. The molecule has 0 saturated carbocycles. The van der Waals surface area contributed by atoms with Crippen LogP contribution in [0, 0.1) is 3.57 Å². The summed E-state index contributed by atoms with van der Waals surface area (Å²) in [6.45, 7) is 0. The number of hydrogen-bond donors (Lipinski definition) is 2. The monoisotopic (exact) mass is 624 g/mol. The van der Waals surface area contributed by atoms with Gasteiger partial charge in [-0.3, -0.25) is 0 Å². The Morgan fingerprint density at radius 1 is 0.475 bits per heavy atom. The van der Waals surface area contributed by atoms with Gasteiger partial charge in [-0.15, -0.1) is 0 Å².